The molecule has 3 aromatic rings. The highest BCUT2D eigenvalue weighted by Gasteiger charge is 2.17. The maximum Gasteiger partial charge on any atom is 0.347 e. The van der Waals surface area contributed by atoms with Gasteiger partial charge in [-0.05, 0) is 65.4 Å². The topological polar surface area (TPSA) is 94.4 Å². The zero-order valence-electron chi connectivity index (χ0n) is 14.3. The van der Waals surface area contributed by atoms with E-state index in [1.807, 2.05) is 6.07 Å². The van der Waals surface area contributed by atoms with Gasteiger partial charge in [-0.3, -0.25) is 0 Å². The first kappa shape index (κ1) is 20.3. The lowest BCUT2D eigenvalue weighted by Crippen LogP contribution is -2.14. The number of allylic oxidation sites excluding steroid dienone is 2. The standard InChI is InChI=1S/C18H12ClF2IN4O2/c1-8-5-9(22)6-10-14(8)26-17(28-18(10)27)13(7-12(23)15(20)21)25-16-11(19)3-2-4-24-16/h2-7,15H,23H2,1H3/b12-7-,25-13-. The van der Waals surface area contributed by atoms with Gasteiger partial charge < -0.3 is 10.2 Å². The SMILES string of the molecule is Cc1cc(I)cc2c(=O)oc(C(/C=C(\N)C(F)F)=N\c3ncccc3Cl)nc12. The van der Waals surface area contributed by atoms with E-state index >= 15 is 0 Å². The summed E-state index contributed by atoms with van der Waals surface area (Å²) in [7, 11) is 0. The number of alkyl halides is 2. The Hall–Kier alpha value is -2.40. The Bertz CT molecular complexity index is 1180. The van der Waals surface area contributed by atoms with Crippen molar-refractivity contribution in [3.8, 4) is 0 Å². The van der Waals surface area contributed by atoms with E-state index < -0.39 is 17.7 Å². The average Bonchev–Trinajstić information content (AvgIpc) is 2.63. The van der Waals surface area contributed by atoms with Gasteiger partial charge >= 0.3 is 5.63 Å². The van der Waals surface area contributed by atoms with E-state index in [1.165, 1.54) is 12.3 Å². The molecule has 0 atom stereocenters. The van der Waals surface area contributed by atoms with E-state index in [9.17, 15) is 13.6 Å². The largest absolute Gasteiger partial charge is 0.401 e. The summed E-state index contributed by atoms with van der Waals surface area (Å²) >= 11 is 8.11. The maximum absolute atomic E-state index is 13.0. The molecule has 1 aromatic carbocycles. The van der Waals surface area contributed by atoms with Crippen LogP contribution in [0.15, 0.2) is 56.4 Å². The summed E-state index contributed by atoms with van der Waals surface area (Å²) in [5.41, 5.74) is 4.82. The molecule has 2 aromatic heterocycles. The molecule has 0 spiro atoms. The second-order valence-electron chi connectivity index (χ2n) is 5.68. The first-order valence-corrected chi connectivity index (χ1v) is 9.27. The van der Waals surface area contributed by atoms with Gasteiger partial charge in [0.1, 0.15) is 5.71 Å². The Morgan fingerprint density at radius 1 is 1.43 bits per heavy atom. The summed E-state index contributed by atoms with van der Waals surface area (Å²) < 4.78 is 32.0. The number of halogens is 4. The van der Waals surface area contributed by atoms with E-state index in [0.717, 1.165) is 15.2 Å². The van der Waals surface area contributed by atoms with Crippen molar-refractivity contribution in [2.45, 2.75) is 13.3 Å². The van der Waals surface area contributed by atoms with Gasteiger partial charge in [-0.15, -0.1) is 0 Å². The second-order valence-corrected chi connectivity index (χ2v) is 7.33. The fourth-order valence-corrected chi connectivity index (χ4v) is 3.29. The molecule has 0 radical (unpaired) electrons. The minimum Gasteiger partial charge on any atom is -0.401 e. The van der Waals surface area contributed by atoms with Gasteiger partial charge in [0.2, 0.25) is 5.89 Å². The molecule has 2 heterocycles. The van der Waals surface area contributed by atoms with Gasteiger partial charge in [-0.25, -0.2) is 28.5 Å². The number of rotatable bonds is 4. The number of pyridine rings is 1. The van der Waals surface area contributed by atoms with Gasteiger partial charge in [-0.1, -0.05) is 11.6 Å². The molecule has 144 valence electrons. The summed E-state index contributed by atoms with van der Waals surface area (Å²) in [6.07, 6.45) is -0.618. The number of nitrogens with zero attached hydrogens (tertiary/aromatic N) is 3. The number of hydrogen-bond acceptors (Lipinski definition) is 6. The lowest BCUT2D eigenvalue weighted by molar-refractivity contribution is 0.188. The van der Waals surface area contributed by atoms with Crippen molar-refractivity contribution in [1.29, 1.82) is 0 Å². The summed E-state index contributed by atoms with van der Waals surface area (Å²) in [6, 6.07) is 6.57. The van der Waals surface area contributed by atoms with Crippen LogP contribution >= 0.6 is 34.2 Å². The Morgan fingerprint density at radius 2 is 2.18 bits per heavy atom. The monoisotopic (exact) mass is 516 g/mol. The predicted octanol–water partition coefficient (Wildman–Crippen LogP) is 4.38. The van der Waals surface area contributed by atoms with Crippen molar-refractivity contribution in [3.05, 3.63) is 72.7 Å². The summed E-state index contributed by atoms with van der Waals surface area (Å²) in [5, 5.41) is 0.451. The van der Waals surface area contributed by atoms with Crippen LogP contribution in [0.5, 0.6) is 0 Å². The highest BCUT2D eigenvalue weighted by atomic mass is 127. The minimum atomic E-state index is -2.93. The smallest absolute Gasteiger partial charge is 0.347 e. The molecule has 0 saturated heterocycles. The number of aryl methyl sites for hydroxylation is 1. The fraction of sp³-hybridized carbons (Fsp3) is 0.111. The van der Waals surface area contributed by atoms with Crippen LogP contribution in [0.3, 0.4) is 0 Å². The van der Waals surface area contributed by atoms with Crippen LogP contribution in [0, 0.1) is 10.5 Å². The lowest BCUT2D eigenvalue weighted by Gasteiger charge is -2.07. The van der Waals surface area contributed by atoms with E-state index in [4.69, 9.17) is 21.8 Å². The molecule has 10 heteroatoms. The first-order valence-electron chi connectivity index (χ1n) is 7.82. The molecule has 0 amide bonds. The van der Waals surface area contributed by atoms with Crippen molar-refractivity contribution >= 4 is 56.6 Å². The Balaban J connectivity index is 2.28. The second kappa shape index (κ2) is 8.31. The number of fused-ring (bicyclic) bond motifs is 1. The molecule has 2 N–H and O–H groups in total. The molecule has 0 unspecified atom stereocenters. The number of hydrogen-bond donors (Lipinski definition) is 1. The minimum absolute atomic E-state index is 0.0429. The molecule has 6 nitrogen and oxygen atoms in total. The van der Waals surface area contributed by atoms with Gasteiger partial charge in [-0.2, -0.15) is 0 Å². The van der Waals surface area contributed by atoms with Crippen LogP contribution in [0.4, 0.5) is 14.6 Å². The van der Waals surface area contributed by atoms with Crippen LogP contribution < -0.4 is 11.4 Å². The van der Waals surface area contributed by atoms with Gasteiger partial charge in [0.05, 0.1) is 21.6 Å². The Morgan fingerprint density at radius 3 is 2.86 bits per heavy atom. The van der Waals surface area contributed by atoms with Crippen molar-refractivity contribution in [2.75, 3.05) is 0 Å². The Kier molecular flexibility index (Phi) is 6.04. The number of nitrogens with two attached hydrogens (primary N) is 1. The quantitative estimate of drug-likeness (QED) is 0.410. The lowest BCUT2D eigenvalue weighted by atomic mass is 10.1. The number of benzene rings is 1. The summed E-state index contributed by atoms with van der Waals surface area (Å²) in [5.74, 6) is -0.228. The highest BCUT2D eigenvalue weighted by Crippen LogP contribution is 2.23. The molecule has 0 saturated carbocycles. The molecule has 0 aliphatic carbocycles. The van der Waals surface area contributed by atoms with Crippen molar-refractivity contribution in [2.24, 2.45) is 10.7 Å². The average molecular weight is 517 g/mol. The van der Waals surface area contributed by atoms with Crippen molar-refractivity contribution in [3.63, 3.8) is 0 Å². The van der Waals surface area contributed by atoms with Gasteiger partial charge in [0, 0.05) is 9.77 Å². The van der Waals surface area contributed by atoms with Crippen LogP contribution in [-0.4, -0.2) is 22.1 Å². The van der Waals surface area contributed by atoms with Crippen LogP contribution in [0.25, 0.3) is 10.9 Å². The molecule has 3 rings (SSSR count). The van der Waals surface area contributed by atoms with Crippen molar-refractivity contribution < 1.29 is 13.2 Å². The van der Waals surface area contributed by atoms with E-state index in [1.54, 1.807) is 19.1 Å². The van der Waals surface area contributed by atoms with Gasteiger partial charge in [0.25, 0.3) is 6.43 Å². The third-order valence-corrected chi connectivity index (χ3v) is 4.55. The van der Waals surface area contributed by atoms with Crippen molar-refractivity contribution in [1.82, 2.24) is 9.97 Å². The molecule has 0 aliphatic heterocycles. The highest BCUT2D eigenvalue weighted by molar-refractivity contribution is 14.1. The fourth-order valence-electron chi connectivity index (χ4n) is 2.35. The number of aromatic nitrogens is 2. The third-order valence-electron chi connectivity index (χ3n) is 3.63. The molecule has 0 bridgehead atoms. The summed E-state index contributed by atoms with van der Waals surface area (Å²) in [6.45, 7) is 1.77. The third kappa shape index (κ3) is 4.36. The molecule has 28 heavy (non-hydrogen) atoms. The predicted molar refractivity (Wildman–Crippen MR) is 111 cm³/mol. The van der Waals surface area contributed by atoms with E-state index in [-0.39, 0.29) is 27.8 Å². The summed E-state index contributed by atoms with van der Waals surface area (Å²) in [4.78, 5) is 24.9. The van der Waals surface area contributed by atoms with E-state index in [2.05, 4.69) is 37.6 Å². The van der Waals surface area contributed by atoms with Crippen LogP contribution in [0.2, 0.25) is 5.02 Å². The Labute approximate surface area is 176 Å². The van der Waals surface area contributed by atoms with E-state index in [0.29, 0.717) is 5.52 Å². The molecular weight excluding hydrogens is 505 g/mol. The van der Waals surface area contributed by atoms with Crippen LogP contribution in [0.1, 0.15) is 11.5 Å². The molecule has 0 aliphatic rings. The molecular formula is C18H12ClF2IN4O2. The maximum atomic E-state index is 13.0. The normalized spacial score (nSPS) is 12.8. The molecule has 0 fully saturated rings. The zero-order chi connectivity index (χ0) is 20.4. The first-order chi connectivity index (χ1) is 13.3. The zero-order valence-corrected chi connectivity index (χ0v) is 17.2. The van der Waals surface area contributed by atoms with Gasteiger partial charge in [0.15, 0.2) is 5.82 Å². The van der Waals surface area contributed by atoms with Crippen LogP contribution in [-0.2, 0) is 0 Å². The number of aliphatic imine (C=N–C) groups is 1.